The zero-order valence-electron chi connectivity index (χ0n) is 15.2. The number of likely N-dealkylation sites (tertiary alicyclic amines) is 2. The minimum atomic E-state index is -0.225. The summed E-state index contributed by atoms with van der Waals surface area (Å²) in [4.78, 5) is 29.6. The highest BCUT2D eigenvalue weighted by Gasteiger charge is 2.43. The highest BCUT2D eigenvalue weighted by molar-refractivity contribution is 5.85. The van der Waals surface area contributed by atoms with Crippen molar-refractivity contribution in [2.45, 2.75) is 45.1 Å². The first-order valence-electron chi connectivity index (χ1n) is 9.38. The molecule has 0 spiro atoms. The summed E-state index contributed by atoms with van der Waals surface area (Å²) >= 11 is 0. The van der Waals surface area contributed by atoms with Crippen LogP contribution in [0, 0.1) is 5.92 Å². The summed E-state index contributed by atoms with van der Waals surface area (Å²) in [5.41, 5.74) is 0.952. The predicted molar refractivity (Wildman–Crippen MR) is 96.3 cm³/mol. The van der Waals surface area contributed by atoms with Gasteiger partial charge in [-0.15, -0.1) is 0 Å². The van der Waals surface area contributed by atoms with Crippen LogP contribution in [-0.2, 0) is 9.59 Å². The summed E-state index contributed by atoms with van der Waals surface area (Å²) in [6, 6.07) is 7.57. The zero-order chi connectivity index (χ0) is 17.8. The van der Waals surface area contributed by atoms with Crippen LogP contribution >= 0.6 is 0 Å². The fourth-order valence-electron chi connectivity index (χ4n) is 3.87. The summed E-state index contributed by atoms with van der Waals surface area (Å²) < 4.78 is 5.55. The van der Waals surface area contributed by atoms with Crippen LogP contribution in [0.3, 0.4) is 0 Å². The van der Waals surface area contributed by atoms with E-state index in [9.17, 15) is 9.59 Å². The molecule has 2 aliphatic heterocycles. The molecule has 2 heterocycles. The van der Waals surface area contributed by atoms with Gasteiger partial charge in [0, 0.05) is 31.6 Å². The number of unbranched alkanes of at least 4 members (excludes halogenated alkanes) is 1. The first-order valence-corrected chi connectivity index (χ1v) is 9.38. The largest absolute Gasteiger partial charge is 0.496 e. The van der Waals surface area contributed by atoms with Crippen LogP contribution < -0.4 is 4.74 Å². The molecule has 2 aliphatic rings. The third kappa shape index (κ3) is 3.51. The van der Waals surface area contributed by atoms with Crippen molar-refractivity contribution in [3.8, 4) is 5.75 Å². The van der Waals surface area contributed by atoms with Crippen LogP contribution in [0.25, 0.3) is 0 Å². The first kappa shape index (κ1) is 17.8. The Balaban J connectivity index is 1.98. The normalized spacial score (nSPS) is 23.4. The second kappa shape index (κ2) is 7.89. The average Bonchev–Trinajstić information content (AvgIpc) is 2.58. The molecule has 5 heteroatoms. The van der Waals surface area contributed by atoms with Gasteiger partial charge in [-0.2, -0.15) is 0 Å². The van der Waals surface area contributed by atoms with E-state index in [0.717, 1.165) is 43.7 Å². The van der Waals surface area contributed by atoms with E-state index in [1.54, 1.807) is 7.11 Å². The predicted octanol–water partition coefficient (Wildman–Crippen LogP) is 3.01. The van der Waals surface area contributed by atoms with Gasteiger partial charge in [0.05, 0.1) is 19.1 Å². The average molecular weight is 344 g/mol. The van der Waals surface area contributed by atoms with Gasteiger partial charge in [0.25, 0.3) is 0 Å². The molecular weight excluding hydrogens is 316 g/mol. The quantitative estimate of drug-likeness (QED) is 0.797. The van der Waals surface area contributed by atoms with Crippen molar-refractivity contribution in [2.75, 3.05) is 26.7 Å². The Hall–Kier alpha value is -2.04. The Labute approximate surface area is 149 Å². The van der Waals surface area contributed by atoms with Crippen LogP contribution in [0.1, 0.15) is 50.6 Å². The van der Waals surface area contributed by atoms with Crippen molar-refractivity contribution in [1.82, 2.24) is 9.80 Å². The number of nitrogens with zero attached hydrogens (tertiary/aromatic N) is 2. The van der Waals surface area contributed by atoms with E-state index in [1.807, 2.05) is 34.1 Å². The number of rotatable bonds is 6. The van der Waals surface area contributed by atoms with E-state index < -0.39 is 0 Å². The van der Waals surface area contributed by atoms with E-state index in [1.165, 1.54) is 0 Å². The molecular formula is C20H28N2O3. The SMILES string of the molecule is CCCCN1C(=O)CC[C@@H](C(=O)N2CCC2)[C@@H]1c1ccccc1OC. The maximum absolute atomic E-state index is 13.0. The monoisotopic (exact) mass is 344 g/mol. The number of ether oxygens (including phenoxy) is 1. The number of carbonyl (C=O) groups is 2. The number of methoxy groups -OCH3 is 1. The Bertz CT molecular complexity index is 627. The first-order chi connectivity index (χ1) is 12.2. The molecule has 5 nitrogen and oxygen atoms in total. The van der Waals surface area contributed by atoms with Crippen molar-refractivity contribution in [1.29, 1.82) is 0 Å². The molecule has 136 valence electrons. The molecule has 0 saturated carbocycles. The standard InChI is InChI=1S/C20H28N2O3/c1-3-4-14-22-18(23)11-10-16(20(24)21-12-7-13-21)19(22)15-8-5-6-9-17(15)25-2/h5-6,8-9,16,19H,3-4,7,10-14H2,1-2H3/t16-,19+/m1/s1. The van der Waals surface area contributed by atoms with E-state index in [-0.39, 0.29) is 23.8 Å². The van der Waals surface area contributed by atoms with Gasteiger partial charge in [0.2, 0.25) is 11.8 Å². The summed E-state index contributed by atoms with van der Waals surface area (Å²) in [5.74, 6) is 0.921. The van der Waals surface area contributed by atoms with Crippen LogP contribution in [-0.4, -0.2) is 48.4 Å². The lowest BCUT2D eigenvalue weighted by molar-refractivity contribution is -0.150. The highest BCUT2D eigenvalue weighted by atomic mass is 16.5. The summed E-state index contributed by atoms with van der Waals surface area (Å²) in [6.45, 7) is 4.50. The molecule has 2 atom stereocenters. The molecule has 0 aromatic heterocycles. The summed E-state index contributed by atoms with van der Waals surface area (Å²) in [7, 11) is 1.64. The van der Waals surface area contributed by atoms with Gasteiger partial charge in [-0.25, -0.2) is 0 Å². The maximum Gasteiger partial charge on any atom is 0.228 e. The molecule has 2 amide bonds. The Morgan fingerprint density at radius 3 is 2.68 bits per heavy atom. The van der Waals surface area contributed by atoms with Gasteiger partial charge in [0.15, 0.2) is 0 Å². The molecule has 0 N–H and O–H groups in total. The lowest BCUT2D eigenvalue weighted by Crippen LogP contribution is -2.52. The molecule has 3 rings (SSSR count). The molecule has 2 fully saturated rings. The minimum Gasteiger partial charge on any atom is -0.496 e. The molecule has 2 saturated heterocycles. The third-order valence-corrected chi connectivity index (χ3v) is 5.40. The van der Waals surface area contributed by atoms with E-state index in [2.05, 4.69) is 6.92 Å². The number of benzene rings is 1. The van der Waals surface area contributed by atoms with Gasteiger partial charge < -0.3 is 14.5 Å². The molecule has 0 unspecified atom stereocenters. The van der Waals surface area contributed by atoms with E-state index in [4.69, 9.17) is 4.74 Å². The van der Waals surface area contributed by atoms with Crippen LogP contribution in [0.15, 0.2) is 24.3 Å². The number of carbonyl (C=O) groups excluding carboxylic acids is 2. The topological polar surface area (TPSA) is 49.9 Å². The van der Waals surface area contributed by atoms with Crippen molar-refractivity contribution < 1.29 is 14.3 Å². The lowest BCUT2D eigenvalue weighted by Gasteiger charge is -2.44. The van der Waals surface area contributed by atoms with Crippen LogP contribution in [0.5, 0.6) is 5.75 Å². The zero-order valence-corrected chi connectivity index (χ0v) is 15.2. The molecule has 0 aliphatic carbocycles. The van der Waals surface area contributed by atoms with Crippen molar-refractivity contribution in [3.05, 3.63) is 29.8 Å². The van der Waals surface area contributed by atoms with Crippen molar-refractivity contribution in [3.63, 3.8) is 0 Å². The highest BCUT2D eigenvalue weighted by Crippen LogP contribution is 2.41. The van der Waals surface area contributed by atoms with Crippen molar-refractivity contribution >= 4 is 11.8 Å². The summed E-state index contributed by atoms with van der Waals surface area (Å²) in [6.07, 6.45) is 4.13. The molecule has 0 radical (unpaired) electrons. The maximum atomic E-state index is 13.0. The van der Waals surface area contributed by atoms with Crippen LogP contribution in [0.4, 0.5) is 0 Å². The molecule has 0 bridgehead atoms. The number of amides is 2. The number of piperidine rings is 1. The van der Waals surface area contributed by atoms with Gasteiger partial charge >= 0.3 is 0 Å². The van der Waals surface area contributed by atoms with Gasteiger partial charge in [0.1, 0.15) is 5.75 Å². The second-order valence-electron chi connectivity index (χ2n) is 6.95. The number of hydrogen-bond acceptors (Lipinski definition) is 3. The number of para-hydroxylation sites is 1. The fourth-order valence-corrected chi connectivity index (χ4v) is 3.87. The van der Waals surface area contributed by atoms with Crippen LogP contribution in [0.2, 0.25) is 0 Å². The van der Waals surface area contributed by atoms with Gasteiger partial charge in [-0.3, -0.25) is 9.59 Å². The lowest BCUT2D eigenvalue weighted by atomic mass is 9.82. The number of hydrogen-bond donors (Lipinski definition) is 0. The Kier molecular flexibility index (Phi) is 5.61. The molecule has 25 heavy (non-hydrogen) atoms. The third-order valence-electron chi connectivity index (χ3n) is 5.40. The smallest absolute Gasteiger partial charge is 0.228 e. The second-order valence-corrected chi connectivity index (χ2v) is 6.95. The molecule has 1 aromatic carbocycles. The van der Waals surface area contributed by atoms with Gasteiger partial charge in [-0.05, 0) is 25.3 Å². The molecule has 1 aromatic rings. The Morgan fingerprint density at radius 1 is 1.28 bits per heavy atom. The fraction of sp³-hybridized carbons (Fsp3) is 0.600. The van der Waals surface area contributed by atoms with Gasteiger partial charge in [-0.1, -0.05) is 31.5 Å². The Morgan fingerprint density at radius 2 is 2.04 bits per heavy atom. The van der Waals surface area contributed by atoms with E-state index in [0.29, 0.717) is 19.4 Å². The minimum absolute atomic E-state index is 0.150. The van der Waals surface area contributed by atoms with Crippen molar-refractivity contribution in [2.24, 2.45) is 5.92 Å². The van der Waals surface area contributed by atoms with E-state index >= 15 is 0 Å². The summed E-state index contributed by atoms with van der Waals surface area (Å²) in [5, 5.41) is 0.